The molecule has 0 atom stereocenters. The van der Waals surface area contributed by atoms with Crippen molar-refractivity contribution in [2.75, 3.05) is 11.9 Å². The van der Waals surface area contributed by atoms with Gasteiger partial charge in [-0.25, -0.2) is 4.68 Å². The standard InChI is InChI=1S/C11H13Cl2N5O/c1-3-19-10-8(12)4-7(5-9(10)13)6-14-11-15-16-17-18(11)2/h4-5H,3,6H2,1-2H3,(H,14,15,17). The van der Waals surface area contributed by atoms with Crippen LogP contribution in [0.2, 0.25) is 10.0 Å². The van der Waals surface area contributed by atoms with E-state index in [9.17, 15) is 0 Å². The van der Waals surface area contributed by atoms with Crippen LogP contribution in [-0.2, 0) is 13.6 Å². The molecule has 0 saturated heterocycles. The summed E-state index contributed by atoms with van der Waals surface area (Å²) < 4.78 is 6.91. The molecule has 1 heterocycles. The Hall–Kier alpha value is -1.53. The molecule has 102 valence electrons. The number of ether oxygens (including phenoxy) is 1. The second kappa shape index (κ2) is 6.08. The van der Waals surface area contributed by atoms with Crippen molar-refractivity contribution in [2.45, 2.75) is 13.5 Å². The molecule has 19 heavy (non-hydrogen) atoms. The van der Waals surface area contributed by atoms with Gasteiger partial charge in [-0.3, -0.25) is 0 Å². The third kappa shape index (κ3) is 3.27. The molecule has 2 rings (SSSR count). The number of aromatic nitrogens is 4. The van der Waals surface area contributed by atoms with Crippen LogP contribution < -0.4 is 10.1 Å². The molecule has 0 bridgehead atoms. The molecular formula is C11H13Cl2N5O. The molecule has 1 aromatic carbocycles. The maximum atomic E-state index is 6.12. The maximum Gasteiger partial charge on any atom is 0.242 e. The van der Waals surface area contributed by atoms with Crippen LogP contribution in [0.15, 0.2) is 12.1 Å². The van der Waals surface area contributed by atoms with Gasteiger partial charge >= 0.3 is 0 Å². The van der Waals surface area contributed by atoms with Gasteiger partial charge in [0, 0.05) is 13.6 Å². The minimum absolute atomic E-state index is 0.488. The van der Waals surface area contributed by atoms with Crippen LogP contribution in [0.3, 0.4) is 0 Å². The number of nitrogens with zero attached hydrogens (tertiary/aromatic N) is 4. The minimum Gasteiger partial charge on any atom is -0.491 e. The van der Waals surface area contributed by atoms with E-state index in [2.05, 4.69) is 20.8 Å². The molecule has 0 fully saturated rings. The van der Waals surface area contributed by atoms with Crippen molar-refractivity contribution in [3.63, 3.8) is 0 Å². The van der Waals surface area contributed by atoms with E-state index in [0.29, 0.717) is 34.9 Å². The fourth-order valence-corrected chi connectivity index (χ4v) is 2.20. The van der Waals surface area contributed by atoms with E-state index < -0.39 is 0 Å². The molecule has 1 N–H and O–H groups in total. The fraction of sp³-hybridized carbons (Fsp3) is 0.364. The van der Waals surface area contributed by atoms with E-state index in [0.717, 1.165) is 5.56 Å². The van der Waals surface area contributed by atoms with E-state index in [4.69, 9.17) is 27.9 Å². The van der Waals surface area contributed by atoms with Crippen molar-refractivity contribution in [3.8, 4) is 5.75 Å². The molecule has 0 amide bonds. The predicted molar refractivity (Wildman–Crippen MR) is 73.8 cm³/mol. The summed E-state index contributed by atoms with van der Waals surface area (Å²) in [6.45, 7) is 2.91. The van der Waals surface area contributed by atoms with Crippen LogP contribution in [0, 0.1) is 0 Å². The average Bonchev–Trinajstić information content (AvgIpc) is 2.77. The molecule has 0 aliphatic rings. The molecule has 6 nitrogen and oxygen atoms in total. The van der Waals surface area contributed by atoms with Crippen LogP contribution in [0.1, 0.15) is 12.5 Å². The van der Waals surface area contributed by atoms with Crippen LogP contribution in [0.5, 0.6) is 5.75 Å². The van der Waals surface area contributed by atoms with Crippen molar-refractivity contribution in [1.29, 1.82) is 0 Å². The number of rotatable bonds is 5. The lowest BCUT2D eigenvalue weighted by atomic mass is 10.2. The molecule has 0 aliphatic carbocycles. The third-order valence-electron chi connectivity index (χ3n) is 2.42. The Morgan fingerprint density at radius 1 is 1.32 bits per heavy atom. The van der Waals surface area contributed by atoms with E-state index in [1.165, 1.54) is 4.68 Å². The Bertz CT molecular complexity index is 549. The highest BCUT2D eigenvalue weighted by Crippen LogP contribution is 2.34. The van der Waals surface area contributed by atoms with E-state index in [1.54, 1.807) is 19.2 Å². The van der Waals surface area contributed by atoms with Gasteiger partial charge in [0.15, 0.2) is 5.75 Å². The van der Waals surface area contributed by atoms with Crippen molar-refractivity contribution in [3.05, 3.63) is 27.7 Å². The summed E-state index contributed by atoms with van der Waals surface area (Å²) in [5, 5.41) is 15.1. The number of tetrazole rings is 1. The lowest BCUT2D eigenvalue weighted by molar-refractivity contribution is 0.340. The van der Waals surface area contributed by atoms with Crippen molar-refractivity contribution in [2.24, 2.45) is 7.05 Å². The highest BCUT2D eigenvalue weighted by atomic mass is 35.5. The van der Waals surface area contributed by atoms with Gasteiger partial charge in [0.25, 0.3) is 0 Å². The van der Waals surface area contributed by atoms with Crippen LogP contribution in [-0.4, -0.2) is 26.8 Å². The molecule has 0 radical (unpaired) electrons. The Labute approximate surface area is 120 Å². The number of nitrogens with one attached hydrogen (secondary N) is 1. The summed E-state index contributed by atoms with van der Waals surface area (Å²) >= 11 is 12.2. The Morgan fingerprint density at radius 3 is 2.53 bits per heavy atom. The van der Waals surface area contributed by atoms with E-state index in [-0.39, 0.29) is 0 Å². The quantitative estimate of drug-likeness (QED) is 0.919. The van der Waals surface area contributed by atoms with Crippen molar-refractivity contribution in [1.82, 2.24) is 20.2 Å². The number of hydrogen-bond donors (Lipinski definition) is 1. The molecule has 0 saturated carbocycles. The van der Waals surface area contributed by atoms with Gasteiger partial charge in [0.2, 0.25) is 5.95 Å². The van der Waals surface area contributed by atoms with Gasteiger partial charge in [0.1, 0.15) is 0 Å². The van der Waals surface area contributed by atoms with E-state index in [1.807, 2.05) is 6.92 Å². The summed E-state index contributed by atoms with van der Waals surface area (Å²) in [5.74, 6) is 1.08. The number of anilines is 1. The monoisotopic (exact) mass is 301 g/mol. The SMILES string of the molecule is CCOc1c(Cl)cc(CNc2nnnn2C)cc1Cl. The van der Waals surface area contributed by atoms with Crippen LogP contribution in [0.4, 0.5) is 5.95 Å². The summed E-state index contributed by atoms with van der Waals surface area (Å²) in [6.07, 6.45) is 0. The van der Waals surface area contributed by atoms with Crippen LogP contribution in [0.25, 0.3) is 0 Å². The predicted octanol–water partition coefficient (Wildman–Crippen LogP) is 2.53. The first-order valence-electron chi connectivity index (χ1n) is 5.68. The zero-order valence-electron chi connectivity index (χ0n) is 10.5. The second-order valence-electron chi connectivity index (χ2n) is 3.80. The number of halogens is 2. The van der Waals surface area contributed by atoms with E-state index >= 15 is 0 Å². The summed E-state index contributed by atoms with van der Waals surface area (Å²) in [5.41, 5.74) is 0.918. The Balaban J connectivity index is 2.11. The lowest BCUT2D eigenvalue weighted by Crippen LogP contribution is -2.06. The summed E-state index contributed by atoms with van der Waals surface area (Å²) in [7, 11) is 1.75. The fourth-order valence-electron chi connectivity index (χ4n) is 1.56. The molecule has 8 heteroatoms. The topological polar surface area (TPSA) is 64.9 Å². The second-order valence-corrected chi connectivity index (χ2v) is 4.62. The Morgan fingerprint density at radius 2 is 2.00 bits per heavy atom. The Kier molecular flexibility index (Phi) is 4.44. The van der Waals surface area contributed by atoms with Crippen LogP contribution >= 0.6 is 23.2 Å². The average molecular weight is 302 g/mol. The summed E-state index contributed by atoms with van der Waals surface area (Å²) in [6, 6.07) is 3.60. The van der Waals surface area contributed by atoms with Gasteiger partial charge in [-0.2, -0.15) is 0 Å². The first-order chi connectivity index (χ1) is 9.11. The first-order valence-corrected chi connectivity index (χ1v) is 6.44. The van der Waals surface area contributed by atoms with Gasteiger partial charge in [-0.05, 0) is 35.0 Å². The number of aryl methyl sites for hydroxylation is 1. The third-order valence-corrected chi connectivity index (χ3v) is 2.98. The molecule has 1 aromatic heterocycles. The molecule has 0 spiro atoms. The maximum absolute atomic E-state index is 6.12. The molecular weight excluding hydrogens is 289 g/mol. The zero-order chi connectivity index (χ0) is 13.8. The molecule has 0 unspecified atom stereocenters. The largest absolute Gasteiger partial charge is 0.491 e. The number of benzene rings is 1. The van der Waals surface area contributed by atoms with Crippen molar-refractivity contribution < 1.29 is 4.74 Å². The normalized spacial score (nSPS) is 10.5. The smallest absolute Gasteiger partial charge is 0.242 e. The zero-order valence-corrected chi connectivity index (χ0v) is 12.0. The van der Waals surface area contributed by atoms with Gasteiger partial charge < -0.3 is 10.1 Å². The van der Waals surface area contributed by atoms with Gasteiger partial charge in [0.05, 0.1) is 16.7 Å². The van der Waals surface area contributed by atoms with Gasteiger partial charge in [-0.15, -0.1) is 0 Å². The summed E-state index contributed by atoms with van der Waals surface area (Å²) in [4.78, 5) is 0. The molecule has 0 aliphatic heterocycles. The highest BCUT2D eigenvalue weighted by Gasteiger charge is 2.10. The first kappa shape index (κ1) is 13.9. The number of hydrogen-bond acceptors (Lipinski definition) is 5. The van der Waals surface area contributed by atoms with Gasteiger partial charge in [-0.1, -0.05) is 28.3 Å². The van der Waals surface area contributed by atoms with Crippen molar-refractivity contribution >= 4 is 29.2 Å². The lowest BCUT2D eigenvalue weighted by Gasteiger charge is -2.11. The molecule has 2 aromatic rings. The minimum atomic E-state index is 0.488. The highest BCUT2D eigenvalue weighted by molar-refractivity contribution is 6.37.